The minimum absolute atomic E-state index is 0.125. The molecule has 1 saturated carbocycles. The normalized spacial score (nSPS) is 22.5. The zero-order valence-electron chi connectivity index (χ0n) is 17.7. The highest BCUT2D eigenvalue weighted by Gasteiger charge is 2.21. The van der Waals surface area contributed by atoms with Crippen LogP contribution in [0.25, 0.3) is 10.9 Å². The largest absolute Gasteiger partial charge is 0.393 e. The second-order valence-corrected chi connectivity index (χ2v) is 9.91. The van der Waals surface area contributed by atoms with Crippen molar-refractivity contribution in [2.75, 3.05) is 18.5 Å². The molecule has 0 bridgehead atoms. The second-order valence-electron chi connectivity index (χ2n) is 8.57. The first-order valence-electron chi connectivity index (χ1n) is 11.3. The van der Waals surface area contributed by atoms with Crippen LogP contribution in [0.4, 0.5) is 11.6 Å². The van der Waals surface area contributed by atoms with Crippen LogP contribution in [0, 0.1) is 0 Å². The number of para-hydroxylation sites is 1. The molecule has 162 valence electrons. The van der Waals surface area contributed by atoms with Crippen LogP contribution < -0.4 is 5.32 Å². The molecule has 2 aliphatic rings. The topological polar surface area (TPSA) is 67.3 Å². The maximum atomic E-state index is 9.79. The highest BCUT2D eigenvalue weighted by atomic mass is 32.2. The summed E-state index contributed by atoms with van der Waals surface area (Å²) >= 11 is 1.89. The summed E-state index contributed by atoms with van der Waals surface area (Å²) in [5.74, 6) is 1.22. The molecule has 1 aliphatic heterocycles. The van der Waals surface area contributed by atoms with Crippen molar-refractivity contribution in [3.8, 4) is 0 Å². The van der Waals surface area contributed by atoms with Crippen LogP contribution in [0.3, 0.4) is 0 Å². The number of rotatable bonds is 5. The number of hydrogen-bond acceptors (Lipinski definition) is 6. The number of nitrogens with zero attached hydrogens (tertiary/aromatic N) is 2. The van der Waals surface area contributed by atoms with E-state index in [9.17, 15) is 5.11 Å². The molecule has 6 heteroatoms. The fraction of sp³-hybridized carbons (Fsp3) is 0.440. The summed E-state index contributed by atoms with van der Waals surface area (Å²) < 4.78 is 5.48. The summed E-state index contributed by atoms with van der Waals surface area (Å²) in [6.45, 7) is 1.72. The molecule has 5 nitrogen and oxygen atoms in total. The Morgan fingerprint density at radius 1 is 0.935 bits per heavy atom. The van der Waals surface area contributed by atoms with Crippen molar-refractivity contribution in [1.82, 2.24) is 9.97 Å². The lowest BCUT2D eigenvalue weighted by molar-refractivity contribution is 0.0853. The Bertz CT molecular complexity index is 1010. The minimum Gasteiger partial charge on any atom is -0.393 e. The number of anilines is 2. The molecular formula is C25H29N3O2S. The Kier molecular flexibility index (Phi) is 6.39. The van der Waals surface area contributed by atoms with Crippen molar-refractivity contribution in [1.29, 1.82) is 0 Å². The first-order valence-corrected chi connectivity index (χ1v) is 12.2. The third kappa shape index (κ3) is 5.03. The van der Waals surface area contributed by atoms with Gasteiger partial charge in [-0.25, -0.2) is 9.97 Å². The lowest BCUT2D eigenvalue weighted by atomic mass is 9.92. The van der Waals surface area contributed by atoms with Gasteiger partial charge in [-0.3, -0.25) is 0 Å². The van der Waals surface area contributed by atoms with Crippen molar-refractivity contribution < 1.29 is 9.84 Å². The molecule has 2 N–H and O–H groups in total. The van der Waals surface area contributed by atoms with E-state index in [1.807, 2.05) is 18.0 Å². The molecule has 0 radical (unpaired) electrons. The Hall–Kier alpha value is -2.15. The van der Waals surface area contributed by atoms with Gasteiger partial charge in [0.05, 0.1) is 11.6 Å². The summed E-state index contributed by atoms with van der Waals surface area (Å²) in [7, 11) is 0. The average Bonchev–Trinajstić information content (AvgIpc) is 2.82. The van der Waals surface area contributed by atoms with Crippen molar-refractivity contribution in [2.45, 2.75) is 60.7 Å². The molecule has 1 saturated heterocycles. The lowest BCUT2D eigenvalue weighted by Gasteiger charge is -2.25. The zero-order chi connectivity index (χ0) is 21.0. The summed E-state index contributed by atoms with van der Waals surface area (Å²) in [6.07, 6.45) is 7.87. The van der Waals surface area contributed by atoms with Gasteiger partial charge >= 0.3 is 0 Å². The number of aliphatic hydroxyl groups is 1. The van der Waals surface area contributed by atoms with Gasteiger partial charge in [-0.15, -0.1) is 11.8 Å². The van der Waals surface area contributed by atoms with E-state index < -0.39 is 0 Å². The third-order valence-electron chi connectivity index (χ3n) is 6.37. The first kappa shape index (κ1) is 20.7. The van der Waals surface area contributed by atoms with Gasteiger partial charge in [0, 0.05) is 40.6 Å². The van der Waals surface area contributed by atoms with Crippen molar-refractivity contribution in [3.63, 3.8) is 0 Å². The second kappa shape index (κ2) is 9.55. The molecule has 0 amide bonds. The van der Waals surface area contributed by atoms with Crippen LogP contribution in [0.1, 0.15) is 50.0 Å². The molecule has 2 fully saturated rings. The van der Waals surface area contributed by atoms with Crippen molar-refractivity contribution in [2.24, 2.45) is 0 Å². The number of nitrogens with one attached hydrogen (secondary N) is 1. The Morgan fingerprint density at radius 2 is 1.71 bits per heavy atom. The van der Waals surface area contributed by atoms with E-state index in [1.165, 1.54) is 10.5 Å². The van der Waals surface area contributed by atoms with E-state index in [1.54, 1.807) is 0 Å². The molecular weight excluding hydrogens is 406 g/mol. The van der Waals surface area contributed by atoms with Gasteiger partial charge in [0.15, 0.2) is 0 Å². The Morgan fingerprint density at radius 3 is 2.48 bits per heavy atom. The monoisotopic (exact) mass is 435 g/mol. The predicted octanol–water partition coefficient (Wildman–Crippen LogP) is 5.66. The molecule has 2 aromatic carbocycles. The fourth-order valence-corrected chi connectivity index (χ4v) is 5.82. The van der Waals surface area contributed by atoms with Gasteiger partial charge in [-0.2, -0.15) is 0 Å². The molecule has 2 heterocycles. The van der Waals surface area contributed by atoms with Crippen LogP contribution in [-0.2, 0) is 4.74 Å². The smallest absolute Gasteiger partial charge is 0.227 e. The van der Waals surface area contributed by atoms with E-state index in [-0.39, 0.29) is 6.10 Å². The number of thioether (sulfide) groups is 1. The maximum Gasteiger partial charge on any atom is 0.227 e. The van der Waals surface area contributed by atoms with Crippen molar-refractivity contribution in [3.05, 3.63) is 54.2 Å². The molecule has 31 heavy (non-hydrogen) atoms. The van der Waals surface area contributed by atoms with Crippen LogP contribution in [-0.4, -0.2) is 39.6 Å². The number of benzene rings is 2. The quantitative estimate of drug-likeness (QED) is 0.539. The first-order chi connectivity index (χ1) is 15.2. The molecule has 1 aliphatic carbocycles. The summed E-state index contributed by atoms with van der Waals surface area (Å²) in [6, 6.07) is 14.9. The van der Waals surface area contributed by atoms with Crippen LogP contribution >= 0.6 is 11.8 Å². The van der Waals surface area contributed by atoms with Gasteiger partial charge in [0.1, 0.15) is 0 Å². The van der Waals surface area contributed by atoms with E-state index in [4.69, 9.17) is 9.72 Å². The number of fused-ring (bicyclic) bond motifs is 1. The Labute approximate surface area is 187 Å². The maximum absolute atomic E-state index is 9.79. The van der Waals surface area contributed by atoms with E-state index in [0.29, 0.717) is 17.1 Å². The van der Waals surface area contributed by atoms with Gasteiger partial charge in [-0.05, 0) is 68.2 Å². The fourth-order valence-electron chi connectivity index (χ4n) is 4.53. The van der Waals surface area contributed by atoms with Crippen molar-refractivity contribution >= 4 is 34.3 Å². The van der Waals surface area contributed by atoms with Gasteiger partial charge in [0.25, 0.3) is 0 Å². The van der Waals surface area contributed by atoms with Gasteiger partial charge < -0.3 is 15.2 Å². The number of aromatic nitrogens is 2. The van der Waals surface area contributed by atoms with E-state index in [0.717, 1.165) is 68.3 Å². The highest BCUT2D eigenvalue weighted by Crippen LogP contribution is 2.37. The molecule has 0 atom stereocenters. The average molecular weight is 436 g/mol. The zero-order valence-corrected chi connectivity index (χ0v) is 18.5. The molecule has 5 rings (SSSR count). The summed E-state index contributed by atoms with van der Waals surface area (Å²) in [5.41, 5.74) is 3.38. The highest BCUT2D eigenvalue weighted by molar-refractivity contribution is 8.00. The molecule has 1 aromatic heterocycles. The lowest BCUT2D eigenvalue weighted by Crippen LogP contribution is -2.19. The minimum atomic E-state index is -0.125. The standard InChI is InChI=1S/C25H29N3O2S/c29-21-8-10-22(11-9-21)31-23-3-1-2-19-16-26-25(28-24(19)23)27-20-6-4-17(5-7-20)18-12-14-30-15-13-18/h1-7,16,18,21-22,29H,8-15H2,(H,26,27,28). The summed E-state index contributed by atoms with van der Waals surface area (Å²) in [4.78, 5) is 10.6. The molecule has 3 aromatic rings. The number of aliphatic hydroxyl groups excluding tert-OH is 1. The third-order valence-corrected chi connectivity index (χ3v) is 7.76. The van der Waals surface area contributed by atoms with Gasteiger partial charge in [-0.1, -0.05) is 24.3 Å². The van der Waals surface area contributed by atoms with E-state index in [2.05, 4.69) is 52.8 Å². The van der Waals surface area contributed by atoms with Gasteiger partial charge in [0.2, 0.25) is 5.95 Å². The van der Waals surface area contributed by atoms with Crippen LogP contribution in [0.15, 0.2) is 53.6 Å². The summed E-state index contributed by atoms with van der Waals surface area (Å²) in [5, 5.41) is 14.8. The molecule has 0 spiro atoms. The number of hydrogen-bond donors (Lipinski definition) is 2. The van der Waals surface area contributed by atoms with Crippen LogP contribution in [0.5, 0.6) is 0 Å². The molecule has 0 unspecified atom stereocenters. The predicted molar refractivity (Wildman–Crippen MR) is 126 cm³/mol. The number of ether oxygens (including phenoxy) is 1. The van der Waals surface area contributed by atoms with Crippen LogP contribution in [0.2, 0.25) is 0 Å². The Balaban J connectivity index is 1.32. The van der Waals surface area contributed by atoms with E-state index >= 15 is 0 Å². The SMILES string of the molecule is OC1CCC(Sc2cccc3cnc(Nc4ccc(C5CCOCC5)cc4)nc23)CC1.